The predicted octanol–water partition coefficient (Wildman–Crippen LogP) is -3.10. The van der Waals surface area contributed by atoms with Crippen LogP contribution < -0.4 is 8.38 Å². The molecule has 0 radical (unpaired) electrons. The second-order valence-electron chi connectivity index (χ2n) is 0.756. The molecule has 0 unspecified atom stereocenters. The Labute approximate surface area is 78.2 Å². The van der Waals surface area contributed by atoms with E-state index in [0.29, 0.717) is 0 Å². The maximum absolute atomic E-state index is 8.58. The zero-order chi connectivity index (χ0) is 9.00. The quantitative estimate of drug-likeness (QED) is 0.365. The van der Waals surface area contributed by atoms with Gasteiger partial charge in [-0.3, -0.25) is 0 Å². The van der Waals surface area contributed by atoms with Gasteiger partial charge >= 0.3 is 78.4 Å². The second kappa shape index (κ2) is 6.02. The largest absolute Gasteiger partial charge is 2.00 e. The molecule has 11 heteroatoms. The van der Waals surface area contributed by atoms with Crippen molar-refractivity contribution in [2.45, 2.75) is 0 Å². The maximum Gasteiger partial charge on any atom is 2.00 e. The van der Waals surface area contributed by atoms with Crippen molar-refractivity contribution in [1.82, 2.24) is 0 Å². The van der Waals surface area contributed by atoms with E-state index in [2.05, 4.69) is 0 Å². The van der Waals surface area contributed by atoms with Crippen LogP contribution in [0.2, 0.25) is 0 Å². The number of rotatable bonds is 0. The Morgan fingerprint density at radius 3 is 0.636 bits per heavy atom. The van der Waals surface area contributed by atoms with Gasteiger partial charge in [-0.25, -0.2) is 0 Å². The Morgan fingerprint density at radius 2 is 0.636 bits per heavy atom. The molecule has 0 saturated carbocycles. The number of hydrogen-bond acceptors (Lipinski definition) is 8. The van der Waals surface area contributed by atoms with Crippen LogP contribution in [0.5, 0.6) is 0 Å². The van der Waals surface area contributed by atoms with Gasteiger partial charge in [0.05, 0.1) is 0 Å². The molecule has 0 heterocycles. The van der Waals surface area contributed by atoms with E-state index in [0.717, 1.165) is 0 Å². The summed E-state index contributed by atoms with van der Waals surface area (Å²) in [6, 6.07) is 0. The first-order chi connectivity index (χ1) is 4.00. The first kappa shape index (κ1) is 17.5. The SMILES string of the molecule is [O]=[Mn](=[O])(=[O])[O-].[O]=[Mn](=[O])(=[O])[O-].[Pt+2]. The van der Waals surface area contributed by atoms with E-state index in [1.165, 1.54) is 0 Å². The maximum atomic E-state index is 8.58. The summed E-state index contributed by atoms with van der Waals surface area (Å²) in [5.74, 6) is 0. The summed E-state index contributed by atoms with van der Waals surface area (Å²) < 4.78 is 68.6. The van der Waals surface area contributed by atoms with Gasteiger partial charge in [0, 0.05) is 0 Å². The van der Waals surface area contributed by atoms with E-state index in [4.69, 9.17) is 31.4 Å². The molecule has 0 aromatic heterocycles. The molecule has 0 aromatic rings. The molecule has 0 atom stereocenters. The zero-order valence-electron chi connectivity index (χ0n) is 4.34. The van der Waals surface area contributed by atoms with Gasteiger partial charge in [0.1, 0.15) is 0 Å². The van der Waals surface area contributed by atoms with E-state index in [9.17, 15) is 0 Å². The van der Waals surface area contributed by atoms with Crippen LogP contribution in [-0.2, 0) is 70.0 Å². The molecule has 0 aromatic carbocycles. The van der Waals surface area contributed by atoms with Gasteiger partial charge in [-0.2, -0.15) is 0 Å². The fourth-order valence-electron chi connectivity index (χ4n) is 0. The molecule has 0 amide bonds. The summed E-state index contributed by atoms with van der Waals surface area (Å²) in [5, 5.41) is 0. The molecule has 0 bridgehead atoms. The molecular formula is Mn2O8Pt. The van der Waals surface area contributed by atoms with Gasteiger partial charge < -0.3 is 0 Å². The third-order valence-corrected chi connectivity index (χ3v) is 0. The van der Waals surface area contributed by atoms with Crippen LogP contribution >= 0.6 is 0 Å². The Balaban J connectivity index is -0.000000107. The average Bonchev–Trinajstić information content (AvgIpc) is 1.12. The van der Waals surface area contributed by atoms with Crippen molar-refractivity contribution < 1.29 is 78.4 Å². The summed E-state index contributed by atoms with van der Waals surface area (Å²) in [4.78, 5) is 0. The van der Waals surface area contributed by atoms with Crippen molar-refractivity contribution in [2.24, 2.45) is 0 Å². The van der Waals surface area contributed by atoms with Crippen molar-refractivity contribution >= 4 is 0 Å². The summed E-state index contributed by atoms with van der Waals surface area (Å²) in [5.41, 5.74) is 0. The summed E-state index contributed by atoms with van der Waals surface area (Å²) >= 11 is -11.2. The van der Waals surface area contributed by atoms with Crippen LogP contribution in [-0.4, -0.2) is 0 Å². The minimum atomic E-state index is -5.62. The fourth-order valence-corrected chi connectivity index (χ4v) is 0. The van der Waals surface area contributed by atoms with Crippen LogP contribution in [0, 0.1) is 0 Å². The van der Waals surface area contributed by atoms with Crippen LogP contribution in [0.4, 0.5) is 0 Å². The second-order valence-corrected chi connectivity index (χ2v) is 3.12. The Kier molecular flexibility index (Phi) is 9.58. The third kappa shape index (κ3) is 3730. The summed E-state index contributed by atoms with van der Waals surface area (Å²) in [6.07, 6.45) is 0. The molecule has 0 spiro atoms. The number of hydrogen-bond donors (Lipinski definition) is 0. The fraction of sp³-hybridized carbons (Fsp3) is 0. The van der Waals surface area contributed by atoms with E-state index < -0.39 is 25.9 Å². The molecule has 0 rings (SSSR count). The predicted molar refractivity (Wildman–Crippen MR) is 4.12 cm³/mol. The standard InChI is InChI=1S/2Mn.8O.Pt/q;;;;;;;;2*-1;+2. The molecule has 72 valence electrons. The Bertz CT molecular complexity index is 296. The van der Waals surface area contributed by atoms with Gasteiger partial charge in [0.2, 0.25) is 0 Å². The molecule has 0 fully saturated rings. The first-order valence-corrected chi connectivity index (χ1v) is 5.09. The van der Waals surface area contributed by atoms with Crippen LogP contribution in [0.3, 0.4) is 0 Å². The van der Waals surface area contributed by atoms with Crippen molar-refractivity contribution in [3.63, 3.8) is 0 Å². The van der Waals surface area contributed by atoms with Gasteiger partial charge in [-0.15, -0.1) is 0 Å². The molecule has 0 aliphatic carbocycles. The molecule has 8 nitrogen and oxygen atoms in total. The zero-order valence-corrected chi connectivity index (χ0v) is 8.97. The minimum Gasteiger partial charge on any atom is 2.00 e. The van der Waals surface area contributed by atoms with Gasteiger partial charge in [-0.05, 0) is 0 Å². The Morgan fingerprint density at radius 1 is 0.636 bits per heavy atom. The van der Waals surface area contributed by atoms with Gasteiger partial charge in [0.15, 0.2) is 0 Å². The summed E-state index contributed by atoms with van der Waals surface area (Å²) in [7, 11) is 0. The molecule has 0 saturated heterocycles. The average molecular weight is 433 g/mol. The van der Waals surface area contributed by atoms with E-state index in [-0.39, 0.29) is 21.1 Å². The van der Waals surface area contributed by atoms with Crippen LogP contribution in [0.15, 0.2) is 0 Å². The van der Waals surface area contributed by atoms with E-state index >= 15 is 0 Å². The van der Waals surface area contributed by atoms with Gasteiger partial charge in [0.25, 0.3) is 0 Å². The van der Waals surface area contributed by atoms with Crippen molar-refractivity contribution in [1.29, 1.82) is 0 Å². The van der Waals surface area contributed by atoms with Crippen LogP contribution in [0.25, 0.3) is 0 Å². The summed E-state index contributed by atoms with van der Waals surface area (Å²) in [6.45, 7) is 0. The van der Waals surface area contributed by atoms with E-state index in [1.54, 1.807) is 0 Å². The minimum absolute atomic E-state index is 0. The smallest absolute Gasteiger partial charge is 2.00 e. The van der Waals surface area contributed by atoms with E-state index in [1.807, 2.05) is 0 Å². The van der Waals surface area contributed by atoms with Gasteiger partial charge in [-0.1, -0.05) is 0 Å². The molecule has 0 aliphatic heterocycles. The molecule has 0 aliphatic rings. The van der Waals surface area contributed by atoms with Crippen LogP contribution in [0.1, 0.15) is 0 Å². The monoisotopic (exact) mass is 433 g/mol. The topological polar surface area (TPSA) is 149 Å². The normalized spacial score (nSPS) is 10.4. The third-order valence-electron chi connectivity index (χ3n) is 0. The van der Waals surface area contributed by atoms with Crippen molar-refractivity contribution in [3.8, 4) is 0 Å². The first-order valence-electron chi connectivity index (χ1n) is 1.23. The molecule has 11 heavy (non-hydrogen) atoms. The molecular weight excluding hydrogens is 433 g/mol. The molecule has 0 N–H and O–H groups in total. The van der Waals surface area contributed by atoms with Crippen molar-refractivity contribution in [3.05, 3.63) is 0 Å². The Hall–Kier alpha value is 0.447. The van der Waals surface area contributed by atoms with Crippen molar-refractivity contribution in [2.75, 3.05) is 0 Å².